The highest BCUT2D eigenvalue weighted by molar-refractivity contribution is 6.09. The molecule has 0 atom stereocenters. The number of carbonyl (C=O) groups excluding carboxylic acids is 1. The van der Waals surface area contributed by atoms with Crippen LogP contribution in [0.4, 0.5) is 11.4 Å². The van der Waals surface area contributed by atoms with E-state index in [0.717, 1.165) is 18.7 Å². The van der Waals surface area contributed by atoms with Gasteiger partial charge in [0.2, 0.25) is 0 Å². The van der Waals surface area contributed by atoms with E-state index in [9.17, 15) is 10.1 Å². The van der Waals surface area contributed by atoms with Crippen molar-refractivity contribution in [1.82, 2.24) is 0 Å². The van der Waals surface area contributed by atoms with Gasteiger partial charge in [-0.1, -0.05) is 30.3 Å². The first-order valence-corrected chi connectivity index (χ1v) is 8.59. The lowest BCUT2D eigenvalue weighted by Crippen LogP contribution is -2.29. The van der Waals surface area contributed by atoms with Crippen molar-refractivity contribution in [3.05, 3.63) is 65.7 Å². The third-order valence-corrected chi connectivity index (χ3v) is 4.32. The van der Waals surface area contributed by atoms with E-state index in [2.05, 4.69) is 10.2 Å². The smallest absolute Gasteiger partial charge is 0.266 e. The van der Waals surface area contributed by atoms with Gasteiger partial charge in [0.1, 0.15) is 11.6 Å². The molecule has 1 N–H and O–H groups in total. The fourth-order valence-corrected chi connectivity index (χ4v) is 2.97. The maximum absolute atomic E-state index is 12.3. The SMILES string of the molecule is N#C/C(=C\c1ccccc1)C(=O)Nc1ccc(N2CCCCC2)cc1. The van der Waals surface area contributed by atoms with Gasteiger partial charge in [0.25, 0.3) is 5.91 Å². The Morgan fingerprint density at radius 2 is 1.68 bits per heavy atom. The predicted molar refractivity (Wildman–Crippen MR) is 101 cm³/mol. The predicted octanol–water partition coefficient (Wildman–Crippen LogP) is 4.22. The number of hydrogen-bond acceptors (Lipinski definition) is 3. The van der Waals surface area contributed by atoms with Gasteiger partial charge < -0.3 is 10.2 Å². The second-order valence-electron chi connectivity index (χ2n) is 6.13. The highest BCUT2D eigenvalue weighted by Crippen LogP contribution is 2.22. The van der Waals surface area contributed by atoms with Crippen molar-refractivity contribution in [2.24, 2.45) is 0 Å². The summed E-state index contributed by atoms with van der Waals surface area (Å²) in [7, 11) is 0. The van der Waals surface area contributed by atoms with Crippen molar-refractivity contribution in [3.8, 4) is 6.07 Å². The van der Waals surface area contributed by atoms with Crippen LogP contribution in [0.5, 0.6) is 0 Å². The van der Waals surface area contributed by atoms with Crippen molar-refractivity contribution in [1.29, 1.82) is 5.26 Å². The monoisotopic (exact) mass is 331 g/mol. The highest BCUT2D eigenvalue weighted by Gasteiger charge is 2.12. The Balaban J connectivity index is 1.67. The van der Waals surface area contributed by atoms with E-state index in [1.807, 2.05) is 60.7 Å². The summed E-state index contributed by atoms with van der Waals surface area (Å²) in [4.78, 5) is 14.7. The number of nitrogens with one attached hydrogen (secondary N) is 1. The number of amides is 1. The number of anilines is 2. The minimum atomic E-state index is -0.392. The van der Waals surface area contributed by atoms with E-state index in [-0.39, 0.29) is 5.57 Å². The van der Waals surface area contributed by atoms with Gasteiger partial charge in [-0.3, -0.25) is 4.79 Å². The topological polar surface area (TPSA) is 56.1 Å². The van der Waals surface area contributed by atoms with Crippen LogP contribution in [0, 0.1) is 11.3 Å². The standard InChI is InChI=1S/C21H21N3O/c22-16-18(15-17-7-3-1-4-8-17)21(25)23-19-9-11-20(12-10-19)24-13-5-2-6-14-24/h1,3-4,7-12,15H,2,5-6,13-14H2,(H,23,25)/b18-15+. The first-order valence-electron chi connectivity index (χ1n) is 8.59. The van der Waals surface area contributed by atoms with E-state index in [1.54, 1.807) is 6.08 Å². The molecule has 2 aromatic rings. The van der Waals surface area contributed by atoms with Crippen molar-refractivity contribution in [2.75, 3.05) is 23.3 Å². The Bertz CT molecular complexity index is 782. The fraction of sp³-hybridized carbons (Fsp3) is 0.238. The molecule has 4 nitrogen and oxygen atoms in total. The van der Waals surface area contributed by atoms with Crippen LogP contribution in [-0.4, -0.2) is 19.0 Å². The van der Waals surface area contributed by atoms with Gasteiger partial charge >= 0.3 is 0 Å². The maximum Gasteiger partial charge on any atom is 0.266 e. The number of benzene rings is 2. The average molecular weight is 331 g/mol. The molecule has 0 saturated carbocycles. The summed E-state index contributed by atoms with van der Waals surface area (Å²) in [6.07, 6.45) is 5.36. The number of rotatable bonds is 4. The Hall–Kier alpha value is -3.06. The molecule has 1 saturated heterocycles. The zero-order valence-corrected chi connectivity index (χ0v) is 14.1. The molecular formula is C21H21N3O. The summed E-state index contributed by atoms with van der Waals surface area (Å²) >= 11 is 0. The van der Waals surface area contributed by atoms with Crippen molar-refractivity contribution in [2.45, 2.75) is 19.3 Å². The van der Waals surface area contributed by atoms with Crippen LogP contribution in [0.1, 0.15) is 24.8 Å². The van der Waals surface area contributed by atoms with Gasteiger partial charge in [-0.05, 0) is 55.2 Å². The van der Waals surface area contributed by atoms with E-state index in [4.69, 9.17) is 0 Å². The van der Waals surface area contributed by atoms with Crippen LogP contribution < -0.4 is 10.2 Å². The molecule has 126 valence electrons. The molecule has 4 heteroatoms. The molecule has 1 fully saturated rings. The third kappa shape index (κ3) is 4.48. The lowest BCUT2D eigenvalue weighted by molar-refractivity contribution is -0.112. The largest absolute Gasteiger partial charge is 0.372 e. The molecule has 2 aromatic carbocycles. The minimum Gasteiger partial charge on any atom is -0.372 e. The van der Waals surface area contributed by atoms with Crippen LogP contribution in [-0.2, 0) is 4.79 Å². The lowest BCUT2D eigenvalue weighted by atomic mass is 10.1. The van der Waals surface area contributed by atoms with Crippen LogP contribution in [0.15, 0.2) is 60.2 Å². The normalized spacial score (nSPS) is 14.7. The van der Waals surface area contributed by atoms with Gasteiger partial charge in [0.05, 0.1) is 0 Å². The minimum absolute atomic E-state index is 0.0892. The van der Waals surface area contributed by atoms with Gasteiger partial charge in [-0.25, -0.2) is 0 Å². The van der Waals surface area contributed by atoms with Crippen LogP contribution >= 0.6 is 0 Å². The molecular weight excluding hydrogens is 310 g/mol. The van der Waals surface area contributed by atoms with Crippen LogP contribution in [0.25, 0.3) is 6.08 Å². The summed E-state index contributed by atoms with van der Waals surface area (Å²) in [5.41, 5.74) is 2.79. The molecule has 0 unspecified atom stereocenters. The number of carbonyl (C=O) groups is 1. The molecule has 3 rings (SSSR count). The highest BCUT2D eigenvalue weighted by atomic mass is 16.1. The molecule has 1 heterocycles. The van der Waals surface area contributed by atoms with Gasteiger partial charge in [0.15, 0.2) is 0 Å². The van der Waals surface area contributed by atoms with Crippen LogP contribution in [0.3, 0.4) is 0 Å². The molecule has 0 aliphatic carbocycles. The zero-order chi connectivity index (χ0) is 17.5. The van der Waals surface area contributed by atoms with Crippen molar-refractivity contribution >= 4 is 23.4 Å². The number of piperidine rings is 1. The summed E-state index contributed by atoms with van der Waals surface area (Å²) in [5.74, 6) is -0.392. The quantitative estimate of drug-likeness (QED) is 0.674. The lowest BCUT2D eigenvalue weighted by Gasteiger charge is -2.28. The van der Waals surface area contributed by atoms with E-state index >= 15 is 0 Å². The van der Waals surface area contributed by atoms with Gasteiger partial charge in [-0.2, -0.15) is 5.26 Å². The Labute approximate surface area is 148 Å². The molecule has 25 heavy (non-hydrogen) atoms. The summed E-state index contributed by atoms with van der Waals surface area (Å²) < 4.78 is 0. The van der Waals surface area contributed by atoms with Gasteiger partial charge in [0, 0.05) is 24.5 Å². The van der Waals surface area contributed by atoms with Crippen LogP contribution in [0.2, 0.25) is 0 Å². The number of hydrogen-bond donors (Lipinski definition) is 1. The first-order chi connectivity index (χ1) is 12.3. The maximum atomic E-state index is 12.3. The fourth-order valence-electron chi connectivity index (χ4n) is 2.97. The summed E-state index contributed by atoms with van der Waals surface area (Å²) in [5, 5.41) is 12.1. The molecule has 0 spiro atoms. The second-order valence-corrected chi connectivity index (χ2v) is 6.13. The second kappa shape index (κ2) is 8.16. The first kappa shape index (κ1) is 16.8. The number of nitriles is 1. The molecule has 1 aliphatic rings. The molecule has 0 radical (unpaired) electrons. The van der Waals surface area contributed by atoms with Crippen molar-refractivity contribution < 1.29 is 4.79 Å². The Morgan fingerprint density at radius 1 is 1.00 bits per heavy atom. The Morgan fingerprint density at radius 3 is 2.32 bits per heavy atom. The van der Waals surface area contributed by atoms with Gasteiger partial charge in [-0.15, -0.1) is 0 Å². The summed E-state index contributed by atoms with van der Waals surface area (Å²) in [6, 6.07) is 19.2. The number of nitrogens with zero attached hydrogens (tertiary/aromatic N) is 2. The zero-order valence-electron chi connectivity index (χ0n) is 14.1. The van der Waals surface area contributed by atoms with E-state index in [0.29, 0.717) is 5.69 Å². The van der Waals surface area contributed by atoms with Crippen molar-refractivity contribution in [3.63, 3.8) is 0 Å². The average Bonchev–Trinajstić information content (AvgIpc) is 2.68. The van der Waals surface area contributed by atoms with E-state index < -0.39 is 5.91 Å². The van der Waals surface area contributed by atoms with E-state index in [1.165, 1.54) is 24.9 Å². The molecule has 1 amide bonds. The summed E-state index contributed by atoms with van der Waals surface area (Å²) in [6.45, 7) is 2.17. The molecule has 1 aliphatic heterocycles. The third-order valence-electron chi connectivity index (χ3n) is 4.32. The Kier molecular flexibility index (Phi) is 5.48. The molecule has 0 aromatic heterocycles. The molecule has 0 bridgehead atoms.